The van der Waals surface area contributed by atoms with Crippen LogP contribution in [0.1, 0.15) is 20.8 Å². The zero-order valence-electron chi connectivity index (χ0n) is 11.8. The van der Waals surface area contributed by atoms with Crippen LogP contribution in [-0.2, 0) is 9.53 Å². The van der Waals surface area contributed by atoms with Crippen molar-refractivity contribution in [3.05, 3.63) is 12.7 Å². The summed E-state index contributed by atoms with van der Waals surface area (Å²) in [5, 5.41) is 9.04. The highest BCUT2D eigenvalue weighted by atomic mass is 16.6. The Morgan fingerprint density at radius 3 is 2.16 bits per heavy atom. The zero-order chi connectivity index (χ0) is 14.6. The van der Waals surface area contributed by atoms with Gasteiger partial charge in [0.25, 0.3) is 0 Å². The van der Waals surface area contributed by atoms with Crippen LogP contribution in [0.5, 0.6) is 0 Å². The predicted molar refractivity (Wildman–Crippen MR) is 71.0 cm³/mol. The lowest BCUT2D eigenvalue weighted by atomic mass is 10.2. The SMILES string of the molecule is C=CC(C(=O)O)N1CCN(C(=O)OC(C)(C)C)CC1. The molecule has 1 fully saturated rings. The number of rotatable bonds is 3. The molecule has 0 saturated carbocycles. The molecule has 0 aliphatic carbocycles. The molecule has 0 aromatic heterocycles. The van der Waals surface area contributed by atoms with Crippen molar-refractivity contribution in [3.63, 3.8) is 0 Å². The summed E-state index contributed by atoms with van der Waals surface area (Å²) < 4.78 is 5.28. The topological polar surface area (TPSA) is 70.1 Å². The normalized spacial score (nSPS) is 18.8. The van der Waals surface area contributed by atoms with Crippen molar-refractivity contribution >= 4 is 12.1 Å². The Kier molecular flexibility index (Phi) is 4.94. The molecule has 6 nitrogen and oxygen atoms in total. The maximum Gasteiger partial charge on any atom is 0.410 e. The summed E-state index contributed by atoms with van der Waals surface area (Å²) in [4.78, 5) is 26.2. The van der Waals surface area contributed by atoms with Crippen molar-refractivity contribution in [2.24, 2.45) is 0 Å². The summed E-state index contributed by atoms with van der Waals surface area (Å²) in [6, 6.07) is -0.694. The third-order valence-electron chi connectivity index (χ3n) is 2.84. The van der Waals surface area contributed by atoms with Crippen LogP contribution < -0.4 is 0 Å². The molecule has 1 rings (SSSR count). The van der Waals surface area contributed by atoms with Crippen LogP contribution in [0.15, 0.2) is 12.7 Å². The van der Waals surface area contributed by atoms with Gasteiger partial charge in [0, 0.05) is 26.2 Å². The number of hydrogen-bond acceptors (Lipinski definition) is 4. The number of aliphatic carboxylic acids is 1. The summed E-state index contributed by atoms with van der Waals surface area (Å²) >= 11 is 0. The lowest BCUT2D eigenvalue weighted by molar-refractivity contribution is -0.141. The molecule has 0 aromatic rings. The molecule has 1 aliphatic heterocycles. The molecule has 108 valence electrons. The summed E-state index contributed by atoms with van der Waals surface area (Å²) in [6.07, 6.45) is 1.06. The minimum Gasteiger partial charge on any atom is -0.480 e. The first-order valence-electron chi connectivity index (χ1n) is 6.32. The van der Waals surface area contributed by atoms with Crippen molar-refractivity contribution in [2.45, 2.75) is 32.4 Å². The van der Waals surface area contributed by atoms with Crippen molar-refractivity contribution < 1.29 is 19.4 Å². The summed E-state index contributed by atoms with van der Waals surface area (Å²) in [6.45, 7) is 10.9. The maximum absolute atomic E-state index is 11.8. The van der Waals surface area contributed by atoms with Crippen LogP contribution in [0.4, 0.5) is 4.79 Å². The van der Waals surface area contributed by atoms with Gasteiger partial charge in [-0.2, -0.15) is 0 Å². The van der Waals surface area contributed by atoms with Gasteiger partial charge in [0.2, 0.25) is 0 Å². The van der Waals surface area contributed by atoms with E-state index in [0.29, 0.717) is 26.2 Å². The number of carbonyl (C=O) groups excluding carboxylic acids is 1. The van der Waals surface area contributed by atoms with Gasteiger partial charge in [-0.1, -0.05) is 6.08 Å². The Bertz CT molecular complexity index is 354. The second-order valence-electron chi connectivity index (χ2n) is 5.52. The average Bonchev–Trinajstić information content (AvgIpc) is 2.28. The van der Waals surface area contributed by atoms with Crippen molar-refractivity contribution in [2.75, 3.05) is 26.2 Å². The van der Waals surface area contributed by atoms with Gasteiger partial charge >= 0.3 is 12.1 Å². The molecule has 6 heteroatoms. The highest BCUT2D eigenvalue weighted by molar-refractivity contribution is 5.75. The average molecular weight is 270 g/mol. The number of carboxylic acids is 1. The van der Waals surface area contributed by atoms with E-state index in [9.17, 15) is 9.59 Å². The van der Waals surface area contributed by atoms with Gasteiger partial charge in [-0.15, -0.1) is 6.58 Å². The van der Waals surface area contributed by atoms with E-state index < -0.39 is 17.6 Å². The van der Waals surface area contributed by atoms with Crippen LogP contribution in [0.2, 0.25) is 0 Å². The fraction of sp³-hybridized carbons (Fsp3) is 0.692. The van der Waals surface area contributed by atoms with E-state index in [-0.39, 0.29) is 6.09 Å². The molecule has 0 bridgehead atoms. The van der Waals surface area contributed by atoms with Crippen molar-refractivity contribution in [3.8, 4) is 0 Å². The van der Waals surface area contributed by atoms with E-state index in [0.717, 1.165) is 0 Å². The quantitative estimate of drug-likeness (QED) is 0.780. The molecule has 1 atom stereocenters. The summed E-state index contributed by atoms with van der Waals surface area (Å²) in [7, 11) is 0. The number of piperazine rings is 1. The largest absolute Gasteiger partial charge is 0.480 e. The monoisotopic (exact) mass is 270 g/mol. The molecule has 0 spiro atoms. The number of ether oxygens (including phenoxy) is 1. The van der Waals surface area contributed by atoms with E-state index in [1.165, 1.54) is 6.08 Å². The number of hydrogen-bond donors (Lipinski definition) is 1. The molecule has 1 heterocycles. The van der Waals surface area contributed by atoms with Crippen LogP contribution in [-0.4, -0.2) is 64.8 Å². The second-order valence-corrected chi connectivity index (χ2v) is 5.52. The van der Waals surface area contributed by atoms with E-state index in [4.69, 9.17) is 9.84 Å². The highest BCUT2D eigenvalue weighted by Crippen LogP contribution is 2.13. The Labute approximate surface area is 113 Å². The van der Waals surface area contributed by atoms with Crippen LogP contribution in [0.25, 0.3) is 0 Å². The molecule has 19 heavy (non-hydrogen) atoms. The molecule has 1 N–H and O–H groups in total. The maximum atomic E-state index is 11.8. The Morgan fingerprint density at radius 2 is 1.79 bits per heavy atom. The van der Waals surface area contributed by atoms with Crippen molar-refractivity contribution in [1.82, 2.24) is 9.80 Å². The van der Waals surface area contributed by atoms with Crippen LogP contribution >= 0.6 is 0 Å². The number of nitrogens with zero attached hydrogens (tertiary/aromatic N) is 2. The molecule has 1 saturated heterocycles. The minimum absolute atomic E-state index is 0.349. The fourth-order valence-electron chi connectivity index (χ4n) is 1.92. The molecule has 1 unspecified atom stereocenters. The Morgan fingerprint density at radius 1 is 1.26 bits per heavy atom. The predicted octanol–water partition coefficient (Wildman–Crippen LogP) is 1.18. The third-order valence-corrected chi connectivity index (χ3v) is 2.84. The van der Waals surface area contributed by atoms with Crippen LogP contribution in [0.3, 0.4) is 0 Å². The van der Waals surface area contributed by atoms with E-state index in [1.54, 1.807) is 9.80 Å². The third kappa shape index (κ3) is 4.55. The highest BCUT2D eigenvalue weighted by Gasteiger charge is 2.30. The van der Waals surface area contributed by atoms with Gasteiger partial charge in [-0.25, -0.2) is 4.79 Å². The first-order valence-corrected chi connectivity index (χ1v) is 6.32. The van der Waals surface area contributed by atoms with E-state index in [2.05, 4.69) is 6.58 Å². The molecule has 0 radical (unpaired) electrons. The summed E-state index contributed by atoms with van der Waals surface area (Å²) in [5.41, 5.74) is -0.515. The fourth-order valence-corrected chi connectivity index (χ4v) is 1.92. The summed E-state index contributed by atoms with van der Waals surface area (Å²) in [5.74, 6) is -0.916. The standard InChI is InChI=1S/C13H22N2O4/c1-5-10(11(16)17)14-6-8-15(9-7-14)12(18)19-13(2,3)4/h5,10H,1,6-9H2,2-4H3,(H,16,17). The van der Waals surface area contributed by atoms with Gasteiger partial charge in [-0.3, -0.25) is 9.69 Å². The van der Waals surface area contributed by atoms with Gasteiger partial charge in [0.05, 0.1) is 0 Å². The van der Waals surface area contributed by atoms with Gasteiger partial charge in [0.1, 0.15) is 11.6 Å². The molecular formula is C13H22N2O4. The lowest BCUT2D eigenvalue weighted by Crippen LogP contribution is -2.54. The number of carboxylic acid groups (broad SMARTS) is 1. The van der Waals surface area contributed by atoms with Crippen molar-refractivity contribution in [1.29, 1.82) is 0 Å². The smallest absolute Gasteiger partial charge is 0.410 e. The number of carbonyl (C=O) groups is 2. The van der Waals surface area contributed by atoms with E-state index >= 15 is 0 Å². The van der Waals surface area contributed by atoms with Gasteiger partial charge in [0.15, 0.2) is 0 Å². The zero-order valence-corrected chi connectivity index (χ0v) is 11.8. The minimum atomic E-state index is -0.916. The number of amides is 1. The first-order chi connectivity index (χ1) is 8.74. The molecule has 0 aromatic carbocycles. The first kappa shape index (κ1) is 15.5. The molecule has 1 amide bonds. The molecular weight excluding hydrogens is 248 g/mol. The Balaban J connectivity index is 2.51. The van der Waals surface area contributed by atoms with E-state index in [1.807, 2.05) is 20.8 Å². The lowest BCUT2D eigenvalue weighted by Gasteiger charge is -2.37. The van der Waals surface area contributed by atoms with Gasteiger partial charge < -0.3 is 14.7 Å². The molecule has 1 aliphatic rings. The van der Waals surface area contributed by atoms with Crippen LogP contribution in [0, 0.1) is 0 Å². The van der Waals surface area contributed by atoms with Gasteiger partial charge in [-0.05, 0) is 20.8 Å². The Hall–Kier alpha value is -1.56. The second kappa shape index (κ2) is 6.06.